The van der Waals surface area contributed by atoms with E-state index in [4.69, 9.17) is 10.8 Å². The van der Waals surface area contributed by atoms with Gasteiger partial charge in [0, 0.05) is 10.9 Å². The van der Waals surface area contributed by atoms with Crippen molar-refractivity contribution in [3.63, 3.8) is 0 Å². The molecule has 0 spiro atoms. The number of thioether (sulfide) groups is 1. The monoisotopic (exact) mass is 211 g/mol. The van der Waals surface area contributed by atoms with Crippen LogP contribution in [0, 0.1) is 0 Å². The van der Waals surface area contributed by atoms with Crippen molar-refractivity contribution in [3.8, 4) is 0 Å². The Morgan fingerprint density at radius 2 is 2.07 bits per heavy atom. The number of nitrogens with two attached hydrogens (primary N) is 1. The second-order valence-electron chi connectivity index (χ2n) is 2.98. The van der Waals surface area contributed by atoms with Gasteiger partial charge in [-0.3, -0.25) is 4.79 Å². The lowest BCUT2D eigenvalue weighted by Gasteiger charge is -2.09. The summed E-state index contributed by atoms with van der Waals surface area (Å²) in [6.07, 6.45) is 1.96. The van der Waals surface area contributed by atoms with Crippen molar-refractivity contribution < 1.29 is 9.90 Å². The molecule has 3 nitrogen and oxygen atoms in total. The highest BCUT2D eigenvalue weighted by atomic mass is 32.2. The van der Waals surface area contributed by atoms with E-state index in [0.29, 0.717) is 0 Å². The van der Waals surface area contributed by atoms with E-state index in [9.17, 15) is 4.79 Å². The Balaban J connectivity index is 2.71. The third kappa shape index (κ3) is 3.05. The summed E-state index contributed by atoms with van der Waals surface area (Å²) in [6, 6.07) is 7.23. The topological polar surface area (TPSA) is 63.3 Å². The summed E-state index contributed by atoms with van der Waals surface area (Å²) in [6.45, 7) is 0. The van der Waals surface area contributed by atoms with Crippen LogP contribution in [0.2, 0.25) is 0 Å². The fraction of sp³-hybridized carbons (Fsp3) is 0.300. The lowest BCUT2D eigenvalue weighted by Crippen LogP contribution is -2.14. The van der Waals surface area contributed by atoms with E-state index >= 15 is 0 Å². The number of benzene rings is 1. The summed E-state index contributed by atoms with van der Waals surface area (Å²) in [4.78, 5) is 11.6. The molecule has 0 aliphatic heterocycles. The third-order valence-corrected chi connectivity index (χ3v) is 2.68. The predicted octanol–water partition coefficient (Wildman–Crippen LogP) is 1.88. The molecule has 1 aromatic rings. The minimum Gasteiger partial charge on any atom is -0.481 e. The first-order chi connectivity index (χ1) is 6.63. The molecule has 3 N–H and O–H groups in total. The number of rotatable bonds is 4. The second kappa shape index (κ2) is 5.02. The molecule has 14 heavy (non-hydrogen) atoms. The fourth-order valence-corrected chi connectivity index (χ4v) is 1.57. The maximum Gasteiger partial charge on any atom is 0.305 e. The molecular weight excluding hydrogens is 198 g/mol. The van der Waals surface area contributed by atoms with Crippen LogP contribution in [-0.2, 0) is 4.79 Å². The maximum atomic E-state index is 10.4. The second-order valence-corrected chi connectivity index (χ2v) is 3.86. The zero-order valence-electron chi connectivity index (χ0n) is 7.93. The Hall–Kier alpha value is -1.00. The average molecular weight is 211 g/mol. The van der Waals surface area contributed by atoms with Crippen LogP contribution in [0.15, 0.2) is 29.2 Å². The normalized spacial score (nSPS) is 12.4. The SMILES string of the molecule is CSc1ccc(C(N)CC(=O)O)cc1. The largest absolute Gasteiger partial charge is 0.481 e. The molecule has 1 aromatic carbocycles. The fourth-order valence-electron chi connectivity index (χ4n) is 1.16. The van der Waals surface area contributed by atoms with Crippen LogP contribution in [0.4, 0.5) is 0 Å². The zero-order valence-corrected chi connectivity index (χ0v) is 8.75. The highest BCUT2D eigenvalue weighted by Gasteiger charge is 2.09. The van der Waals surface area contributed by atoms with Gasteiger partial charge in [-0.2, -0.15) is 0 Å². The molecule has 0 aliphatic rings. The summed E-state index contributed by atoms with van der Waals surface area (Å²) >= 11 is 1.65. The molecule has 1 unspecified atom stereocenters. The van der Waals surface area contributed by atoms with Crippen LogP contribution in [-0.4, -0.2) is 17.3 Å². The van der Waals surface area contributed by atoms with E-state index in [1.807, 2.05) is 30.5 Å². The van der Waals surface area contributed by atoms with Crippen molar-refractivity contribution in [2.45, 2.75) is 17.4 Å². The molecule has 0 aromatic heterocycles. The molecule has 0 radical (unpaired) electrons. The van der Waals surface area contributed by atoms with Gasteiger partial charge in [-0.15, -0.1) is 11.8 Å². The van der Waals surface area contributed by atoms with Gasteiger partial charge in [-0.1, -0.05) is 12.1 Å². The van der Waals surface area contributed by atoms with Gasteiger partial charge in [0.2, 0.25) is 0 Å². The zero-order chi connectivity index (χ0) is 10.6. The first-order valence-corrected chi connectivity index (χ1v) is 5.47. The molecular formula is C10H13NO2S. The molecule has 0 aliphatic carbocycles. The van der Waals surface area contributed by atoms with E-state index < -0.39 is 12.0 Å². The van der Waals surface area contributed by atoms with Crippen molar-refractivity contribution >= 4 is 17.7 Å². The molecule has 0 fully saturated rings. The van der Waals surface area contributed by atoms with Gasteiger partial charge in [-0.05, 0) is 24.0 Å². The van der Waals surface area contributed by atoms with Crippen molar-refractivity contribution in [2.24, 2.45) is 5.73 Å². The van der Waals surface area contributed by atoms with Gasteiger partial charge in [0.1, 0.15) is 0 Å². The number of carboxylic acids is 1. The van der Waals surface area contributed by atoms with E-state index in [1.165, 1.54) is 0 Å². The highest BCUT2D eigenvalue weighted by Crippen LogP contribution is 2.19. The van der Waals surface area contributed by atoms with Crippen LogP contribution >= 0.6 is 11.8 Å². The van der Waals surface area contributed by atoms with Crippen molar-refractivity contribution in [1.29, 1.82) is 0 Å². The quantitative estimate of drug-likeness (QED) is 0.746. The van der Waals surface area contributed by atoms with Crippen LogP contribution < -0.4 is 5.73 Å². The number of hydrogen-bond acceptors (Lipinski definition) is 3. The summed E-state index contributed by atoms with van der Waals surface area (Å²) in [7, 11) is 0. The van der Waals surface area contributed by atoms with Gasteiger partial charge in [0.05, 0.1) is 6.42 Å². The molecule has 1 atom stereocenters. The standard InChI is InChI=1S/C10H13NO2S/c1-14-8-4-2-7(3-5-8)9(11)6-10(12)13/h2-5,9H,6,11H2,1H3,(H,12,13). The molecule has 0 heterocycles. The lowest BCUT2D eigenvalue weighted by atomic mass is 10.1. The Kier molecular flexibility index (Phi) is 3.98. The molecule has 0 amide bonds. The number of hydrogen-bond donors (Lipinski definition) is 2. The van der Waals surface area contributed by atoms with Crippen molar-refractivity contribution in [1.82, 2.24) is 0 Å². The predicted molar refractivity (Wildman–Crippen MR) is 57.4 cm³/mol. The molecule has 76 valence electrons. The summed E-state index contributed by atoms with van der Waals surface area (Å²) in [5, 5.41) is 8.56. The van der Waals surface area contributed by atoms with E-state index in [1.54, 1.807) is 11.8 Å². The first-order valence-electron chi connectivity index (χ1n) is 4.25. The van der Waals surface area contributed by atoms with E-state index in [0.717, 1.165) is 10.5 Å². The minimum atomic E-state index is -0.869. The maximum absolute atomic E-state index is 10.4. The van der Waals surface area contributed by atoms with Crippen LogP contribution in [0.5, 0.6) is 0 Å². The van der Waals surface area contributed by atoms with Crippen LogP contribution in [0.25, 0.3) is 0 Å². The lowest BCUT2D eigenvalue weighted by molar-refractivity contribution is -0.137. The number of carbonyl (C=O) groups is 1. The first kappa shape index (κ1) is 11.1. The van der Waals surface area contributed by atoms with Gasteiger partial charge in [0.25, 0.3) is 0 Å². The Morgan fingerprint density at radius 3 is 2.50 bits per heavy atom. The van der Waals surface area contributed by atoms with Crippen LogP contribution in [0.1, 0.15) is 18.0 Å². The van der Waals surface area contributed by atoms with Crippen molar-refractivity contribution in [2.75, 3.05) is 6.26 Å². The smallest absolute Gasteiger partial charge is 0.305 e. The van der Waals surface area contributed by atoms with E-state index in [-0.39, 0.29) is 6.42 Å². The molecule has 1 rings (SSSR count). The number of carboxylic acid groups (broad SMARTS) is 1. The molecule has 4 heteroatoms. The van der Waals surface area contributed by atoms with Gasteiger partial charge >= 0.3 is 5.97 Å². The van der Waals surface area contributed by atoms with Gasteiger partial charge < -0.3 is 10.8 Å². The van der Waals surface area contributed by atoms with Crippen molar-refractivity contribution in [3.05, 3.63) is 29.8 Å². The Bertz CT molecular complexity index is 310. The third-order valence-electron chi connectivity index (χ3n) is 1.94. The van der Waals surface area contributed by atoms with Crippen LogP contribution in [0.3, 0.4) is 0 Å². The average Bonchev–Trinajstić information content (AvgIpc) is 2.17. The molecule has 0 saturated carbocycles. The summed E-state index contributed by atoms with van der Waals surface area (Å²) < 4.78 is 0. The molecule has 0 saturated heterocycles. The number of aliphatic carboxylic acids is 1. The highest BCUT2D eigenvalue weighted by molar-refractivity contribution is 7.98. The Labute approximate surface area is 87.3 Å². The van der Waals surface area contributed by atoms with Gasteiger partial charge in [-0.25, -0.2) is 0 Å². The molecule has 0 bridgehead atoms. The summed E-state index contributed by atoms with van der Waals surface area (Å²) in [5.74, 6) is -0.869. The Morgan fingerprint density at radius 1 is 1.50 bits per heavy atom. The van der Waals surface area contributed by atoms with Gasteiger partial charge in [0.15, 0.2) is 0 Å². The minimum absolute atomic E-state index is 0.0292. The summed E-state index contributed by atoms with van der Waals surface area (Å²) in [5.41, 5.74) is 6.57. The van der Waals surface area contributed by atoms with E-state index in [2.05, 4.69) is 0 Å².